The van der Waals surface area contributed by atoms with Gasteiger partial charge in [0.1, 0.15) is 11.4 Å². The van der Waals surface area contributed by atoms with E-state index in [1.54, 1.807) is 41.4 Å². The molecule has 10 heteroatoms. The standard InChI is InChI=1S/C21H16ClN5O3S/c1-30-18-7-4-13(22)8-15(18)19(28)27-21-23-9-16(26-21)12-2-5-14(6-3-12)25-20(29)17-10-31-11-24-17/h2-11H,1H3,(H,25,29)(H2,23,26,27,28). The van der Waals surface area contributed by atoms with Gasteiger partial charge in [0.15, 0.2) is 0 Å². The fourth-order valence-electron chi connectivity index (χ4n) is 2.82. The van der Waals surface area contributed by atoms with Crippen LogP contribution in [0.25, 0.3) is 11.3 Å². The number of H-pyrrole nitrogens is 1. The van der Waals surface area contributed by atoms with Crippen molar-refractivity contribution < 1.29 is 14.3 Å². The molecule has 8 nitrogen and oxygen atoms in total. The van der Waals surface area contributed by atoms with Crippen molar-refractivity contribution in [1.82, 2.24) is 15.0 Å². The quantitative estimate of drug-likeness (QED) is 0.392. The van der Waals surface area contributed by atoms with Crippen molar-refractivity contribution >= 4 is 46.4 Å². The van der Waals surface area contributed by atoms with Crippen LogP contribution in [0.1, 0.15) is 20.8 Å². The van der Waals surface area contributed by atoms with Crippen LogP contribution in [0.5, 0.6) is 5.75 Å². The lowest BCUT2D eigenvalue weighted by atomic mass is 10.1. The number of aromatic nitrogens is 3. The van der Waals surface area contributed by atoms with Gasteiger partial charge in [-0.15, -0.1) is 11.3 Å². The molecule has 0 spiro atoms. The number of anilines is 2. The molecule has 2 aromatic carbocycles. The molecule has 0 saturated carbocycles. The van der Waals surface area contributed by atoms with Crippen LogP contribution in [-0.2, 0) is 0 Å². The Kier molecular flexibility index (Phi) is 5.96. The molecule has 0 aliphatic heterocycles. The van der Waals surface area contributed by atoms with E-state index in [1.165, 1.54) is 24.5 Å². The Balaban J connectivity index is 1.44. The zero-order valence-corrected chi connectivity index (χ0v) is 17.8. The molecule has 0 unspecified atom stereocenters. The summed E-state index contributed by atoms with van der Waals surface area (Å²) in [6.07, 6.45) is 1.60. The van der Waals surface area contributed by atoms with E-state index in [-0.39, 0.29) is 11.9 Å². The lowest BCUT2D eigenvalue weighted by Crippen LogP contribution is -2.14. The van der Waals surface area contributed by atoms with Crippen molar-refractivity contribution in [2.45, 2.75) is 0 Å². The summed E-state index contributed by atoms with van der Waals surface area (Å²) in [5.74, 6) is 0.0178. The summed E-state index contributed by atoms with van der Waals surface area (Å²) in [7, 11) is 1.48. The SMILES string of the molecule is COc1ccc(Cl)cc1C(=O)Nc1ncc(-c2ccc(NC(=O)c3cscn3)cc2)[nH]1. The first kappa shape index (κ1) is 20.6. The predicted molar refractivity (Wildman–Crippen MR) is 120 cm³/mol. The second-order valence-corrected chi connectivity index (χ2v) is 7.50. The highest BCUT2D eigenvalue weighted by atomic mass is 35.5. The summed E-state index contributed by atoms with van der Waals surface area (Å²) in [5, 5.41) is 7.59. The number of hydrogen-bond acceptors (Lipinski definition) is 6. The third-order valence-electron chi connectivity index (χ3n) is 4.33. The third kappa shape index (κ3) is 4.73. The zero-order chi connectivity index (χ0) is 21.8. The van der Waals surface area contributed by atoms with E-state index in [2.05, 4.69) is 25.6 Å². The van der Waals surface area contributed by atoms with Crippen molar-refractivity contribution in [1.29, 1.82) is 0 Å². The minimum atomic E-state index is -0.402. The normalized spacial score (nSPS) is 10.5. The molecular weight excluding hydrogens is 438 g/mol. The van der Waals surface area contributed by atoms with E-state index in [0.29, 0.717) is 33.4 Å². The molecule has 4 rings (SSSR count). The number of aromatic amines is 1. The van der Waals surface area contributed by atoms with Gasteiger partial charge < -0.3 is 15.0 Å². The largest absolute Gasteiger partial charge is 0.496 e. The van der Waals surface area contributed by atoms with E-state index in [1.807, 2.05) is 12.1 Å². The Bertz CT molecular complexity index is 1220. The van der Waals surface area contributed by atoms with Gasteiger partial charge in [0.25, 0.3) is 11.8 Å². The topological polar surface area (TPSA) is 109 Å². The molecule has 2 amide bonds. The molecule has 0 bridgehead atoms. The smallest absolute Gasteiger partial charge is 0.275 e. The Morgan fingerprint density at radius 2 is 1.87 bits per heavy atom. The van der Waals surface area contributed by atoms with Gasteiger partial charge in [-0.25, -0.2) is 9.97 Å². The number of rotatable bonds is 6. The van der Waals surface area contributed by atoms with Crippen LogP contribution in [0, 0.1) is 0 Å². The van der Waals surface area contributed by atoms with Crippen molar-refractivity contribution in [3.05, 3.63) is 75.8 Å². The number of benzene rings is 2. The molecule has 0 fully saturated rings. The highest BCUT2D eigenvalue weighted by Gasteiger charge is 2.15. The maximum absolute atomic E-state index is 12.6. The highest BCUT2D eigenvalue weighted by molar-refractivity contribution is 7.07. The molecule has 0 atom stereocenters. The summed E-state index contributed by atoms with van der Waals surface area (Å²) in [4.78, 5) is 35.9. The van der Waals surface area contributed by atoms with Crippen LogP contribution >= 0.6 is 22.9 Å². The van der Waals surface area contributed by atoms with Crippen LogP contribution in [0.3, 0.4) is 0 Å². The first-order chi connectivity index (χ1) is 15.0. The van der Waals surface area contributed by atoms with Crippen molar-refractivity contribution in [2.75, 3.05) is 17.7 Å². The molecule has 3 N–H and O–H groups in total. The zero-order valence-electron chi connectivity index (χ0n) is 16.2. The fourth-order valence-corrected chi connectivity index (χ4v) is 3.52. The molecule has 0 radical (unpaired) electrons. The number of thiazole rings is 1. The molecule has 0 aliphatic carbocycles. The van der Waals surface area contributed by atoms with Gasteiger partial charge in [-0.3, -0.25) is 14.9 Å². The van der Waals surface area contributed by atoms with Crippen LogP contribution in [0.4, 0.5) is 11.6 Å². The van der Waals surface area contributed by atoms with Gasteiger partial charge in [0.2, 0.25) is 5.95 Å². The van der Waals surface area contributed by atoms with Gasteiger partial charge in [0.05, 0.1) is 30.1 Å². The summed E-state index contributed by atoms with van der Waals surface area (Å²) < 4.78 is 5.21. The second-order valence-electron chi connectivity index (χ2n) is 6.35. The Hall–Kier alpha value is -3.69. The highest BCUT2D eigenvalue weighted by Crippen LogP contribution is 2.25. The summed E-state index contributed by atoms with van der Waals surface area (Å²) >= 11 is 7.35. The average molecular weight is 454 g/mol. The molecule has 2 aromatic heterocycles. The number of ether oxygens (including phenoxy) is 1. The maximum atomic E-state index is 12.6. The predicted octanol–water partition coefficient (Wildman–Crippen LogP) is 4.70. The van der Waals surface area contributed by atoms with Crippen LogP contribution in [-0.4, -0.2) is 33.9 Å². The number of imidazole rings is 1. The van der Waals surface area contributed by atoms with Crippen molar-refractivity contribution in [3.63, 3.8) is 0 Å². The number of methoxy groups -OCH3 is 1. The minimum Gasteiger partial charge on any atom is -0.496 e. The summed E-state index contributed by atoms with van der Waals surface area (Å²) in [6.45, 7) is 0. The van der Waals surface area contributed by atoms with Gasteiger partial charge in [-0.05, 0) is 35.9 Å². The first-order valence-corrected chi connectivity index (χ1v) is 10.4. The number of halogens is 1. The maximum Gasteiger partial charge on any atom is 0.275 e. The number of carbonyl (C=O) groups is 2. The average Bonchev–Trinajstić information content (AvgIpc) is 3.47. The second kappa shape index (κ2) is 8.99. The third-order valence-corrected chi connectivity index (χ3v) is 5.15. The molecular formula is C21H16ClN5O3S. The molecule has 156 valence electrons. The van der Waals surface area contributed by atoms with Crippen molar-refractivity contribution in [3.8, 4) is 17.0 Å². The molecule has 0 saturated heterocycles. The lowest BCUT2D eigenvalue weighted by Gasteiger charge is -2.08. The molecule has 31 heavy (non-hydrogen) atoms. The number of carbonyl (C=O) groups excluding carboxylic acids is 2. The van der Waals surface area contributed by atoms with Gasteiger partial charge in [0, 0.05) is 16.1 Å². The number of hydrogen-bond donors (Lipinski definition) is 3. The fraction of sp³-hybridized carbons (Fsp3) is 0.0476. The van der Waals surface area contributed by atoms with Crippen LogP contribution < -0.4 is 15.4 Å². The van der Waals surface area contributed by atoms with E-state index in [4.69, 9.17) is 16.3 Å². The molecule has 0 aliphatic rings. The number of amides is 2. The Morgan fingerprint density at radius 1 is 1.06 bits per heavy atom. The van der Waals surface area contributed by atoms with E-state index in [9.17, 15) is 9.59 Å². The minimum absolute atomic E-state index is 0.267. The van der Waals surface area contributed by atoms with E-state index < -0.39 is 5.91 Å². The van der Waals surface area contributed by atoms with Crippen molar-refractivity contribution in [2.24, 2.45) is 0 Å². The van der Waals surface area contributed by atoms with E-state index in [0.717, 1.165) is 5.56 Å². The van der Waals surface area contributed by atoms with Gasteiger partial charge >= 0.3 is 0 Å². The Morgan fingerprint density at radius 3 is 2.58 bits per heavy atom. The number of nitrogens with one attached hydrogen (secondary N) is 3. The summed E-state index contributed by atoms with van der Waals surface area (Å²) in [5.41, 5.74) is 4.45. The first-order valence-electron chi connectivity index (χ1n) is 9.03. The molecule has 4 aromatic rings. The Labute approximate surface area is 186 Å². The van der Waals surface area contributed by atoms with Crippen LogP contribution in [0.2, 0.25) is 5.02 Å². The van der Waals surface area contributed by atoms with Crippen LogP contribution in [0.15, 0.2) is 59.6 Å². The van der Waals surface area contributed by atoms with Gasteiger partial charge in [-0.2, -0.15) is 0 Å². The van der Waals surface area contributed by atoms with Gasteiger partial charge in [-0.1, -0.05) is 23.7 Å². The lowest BCUT2D eigenvalue weighted by molar-refractivity contribution is 0.101. The summed E-state index contributed by atoms with van der Waals surface area (Å²) in [6, 6.07) is 12.0. The number of nitrogens with zero attached hydrogens (tertiary/aromatic N) is 2. The van der Waals surface area contributed by atoms with E-state index >= 15 is 0 Å². The molecule has 2 heterocycles. The monoisotopic (exact) mass is 453 g/mol.